The summed E-state index contributed by atoms with van der Waals surface area (Å²) in [7, 11) is 0. The van der Waals surface area contributed by atoms with Crippen LogP contribution in [0.4, 0.5) is 0 Å². The highest BCUT2D eigenvalue weighted by Gasteiger charge is 2.34. The Balaban J connectivity index is 1.76. The molecule has 0 aromatic carbocycles. The summed E-state index contributed by atoms with van der Waals surface area (Å²) in [6.07, 6.45) is 8.41. The highest BCUT2D eigenvalue weighted by atomic mass is 16.2. The van der Waals surface area contributed by atoms with Gasteiger partial charge in [0.25, 0.3) is 0 Å². The molecule has 2 aliphatic rings. The second-order valence-corrected chi connectivity index (χ2v) is 6.51. The Morgan fingerprint density at radius 2 is 1.67 bits per heavy atom. The first-order valence-electron chi connectivity index (χ1n) is 8.75. The zero-order valence-corrected chi connectivity index (χ0v) is 13.4. The lowest BCUT2D eigenvalue weighted by atomic mass is 9.76. The predicted octanol–water partition coefficient (Wildman–Crippen LogP) is 2.37. The molecule has 1 amide bonds. The molecule has 0 aromatic rings. The molecular weight excluding hydrogens is 264 g/mol. The van der Waals surface area contributed by atoms with Crippen molar-refractivity contribution < 1.29 is 9.59 Å². The fourth-order valence-corrected chi connectivity index (χ4v) is 3.74. The Kier molecular flexibility index (Phi) is 6.68. The van der Waals surface area contributed by atoms with Crippen LogP contribution in [0.15, 0.2) is 0 Å². The Morgan fingerprint density at radius 1 is 1.00 bits per heavy atom. The fourth-order valence-electron chi connectivity index (χ4n) is 3.74. The molecular formula is C17H30N2O2. The van der Waals surface area contributed by atoms with E-state index in [0.29, 0.717) is 6.42 Å². The Labute approximate surface area is 128 Å². The average Bonchev–Trinajstić information content (AvgIpc) is 2.55. The minimum Gasteiger partial charge on any atom is -0.355 e. The summed E-state index contributed by atoms with van der Waals surface area (Å²) in [5.41, 5.74) is 0. The van der Waals surface area contributed by atoms with Crippen LogP contribution in [-0.4, -0.2) is 42.8 Å². The number of hydrogen-bond donors (Lipinski definition) is 1. The number of ketones is 1. The van der Waals surface area contributed by atoms with Crippen LogP contribution in [-0.2, 0) is 9.59 Å². The smallest absolute Gasteiger partial charge is 0.223 e. The molecule has 0 spiro atoms. The molecule has 0 bridgehead atoms. The van der Waals surface area contributed by atoms with Crippen molar-refractivity contribution in [2.75, 3.05) is 26.2 Å². The van der Waals surface area contributed by atoms with Gasteiger partial charge in [0.15, 0.2) is 0 Å². The minimum absolute atomic E-state index is 0.0289. The van der Waals surface area contributed by atoms with Crippen LogP contribution in [0.25, 0.3) is 0 Å². The van der Waals surface area contributed by atoms with Gasteiger partial charge in [-0.15, -0.1) is 0 Å². The molecule has 4 nitrogen and oxygen atoms in total. The topological polar surface area (TPSA) is 49.4 Å². The van der Waals surface area contributed by atoms with Gasteiger partial charge in [0.2, 0.25) is 5.91 Å². The first kappa shape index (κ1) is 16.5. The fraction of sp³-hybridized carbons (Fsp3) is 0.882. The lowest BCUT2D eigenvalue weighted by Crippen LogP contribution is -2.43. The van der Waals surface area contributed by atoms with Gasteiger partial charge in [0, 0.05) is 31.3 Å². The molecule has 1 aliphatic carbocycles. The molecule has 1 N–H and O–H groups in total. The molecule has 1 heterocycles. The molecule has 1 saturated carbocycles. The Morgan fingerprint density at radius 3 is 2.33 bits per heavy atom. The summed E-state index contributed by atoms with van der Waals surface area (Å²) < 4.78 is 0. The van der Waals surface area contributed by atoms with E-state index in [9.17, 15) is 9.59 Å². The summed E-state index contributed by atoms with van der Waals surface area (Å²) in [5.74, 6) is 0.274. The van der Waals surface area contributed by atoms with Gasteiger partial charge < -0.3 is 10.2 Å². The monoisotopic (exact) mass is 294 g/mol. The highest BCUT2D eigenvalue weighted by molar-refractivity contribution is 5.88. The number of amides is 1. The normalized spacial score (nSPS) is 27.3. The second kappa shape index (κ2) is 8.52. The Hall–Kier alpha value is -0.900. The van der Waals surface area contributed by atoms with Gasteiger partial charge in [-0.25, -0.2) is 0 Å². The van der Waals surface area contributed by atoms with Crippen molar-refractivity contribution in [2.24, 2.45) is 11.8 Å². The number of hydrogen-bond acceptors (Lipinski definition) is 3. The van der Waals surface area contributed by atoms with Crippen LogP contribution < -0.4 is 5.32 Å². The summed E-state index contributed by atoms with van der Waals surface area (Å²) >= 11 is 0. The zero-order valence-electron chi connectivity index (χ0n) is 13.4. The summed E-state index contributed by atoms with van der Waals surface area (Å²) in [6, 6.07) is 0. The maximum Gasteiger partial charge on any atom is 0.223 e. The first-order chi connectivity index (χ1) is 10.2. The number of likely N-dealkylation sites (tertiary alicyclic amines) is 1. The highest BCUT2D eigenvalue weighted by Crippen LogP contribution is 2.31. The van der Waals surface area contributed by atoms with E-state index in [1.54, 1.807) is 0 Å². The lowest BCUT2D eigenvalue weighted by Gasteiger charge is -2.30. The third-order valence-electron chi connectivity index (χ3n) is 5.04. The van der Waals surface area contributed by atoms with Gasteiger partial charge in [0.05, 0.1) is 0 Å². The molecule has 2 fully saturated rings. The van der Waals surface area contributed by atoms with Crippen LogP contribution in [0.2, 0.25) is 0 Å². The molecule has 0 aromatic heterocycles. The van der Waals surface area contributed by atoms with E-state index in [4.69, 9.17) is 0 Å². The number of nitrogens with zero attached hydrogens (tertiary/aromatic N) is 1. The molecule has 0 radical (unpaired) electrons. The van der Waals surface area contributed by atoms with Crippen molar-refractivity contribution in [1.82, 2.24) is 10.2 Å². The molecule has 2 rings (SSSR count). The van der Waals surface area contributed by atoms with Crippen molar-refractivity contribution in [2.45, 2.75) is 58.3 Å². The third kappa shape index (κ3) is 4.80. The Bertz CT molecular complexity index is 351. The van der Waals surface area contributed by atoms with Crippen LogP contribution in [0.3, 0.4) is 0 Å². The number of Topliss-reactive ketones (excluding diaryl/α,β-unsaturated/α-hetero) is 1. The van der Waals surface area contributed by atoms with Gasteiger partial charge >= 0.3 is 0 Å². The molecule has 1 aliphatic heterocycles. The van der Waals surface area contributed by atoms with E-state index in [2.05, 4.69) is 10.2 Å². The van der Waals surface area contributed by atoms with Crippen LogP contribution in [0, 0.1) is 11.8 Å². The molecule has 120 valence electrons. The lowest BCUT2D eigenvalue weighted by molar-refractivity contribution is -0.135. The van der Waals surface area contributed by atoms with Crippen LogP contribution in [0.1, 0.15) is 58.3 Å². The van der Waals surface area contributed by atoms with E-state index >= 15 is 0 Å². The van der Waals surface area contributed by atoms with E-state index in [1.165, 1.54) is 19.3 Å². The molecule has 0 unspecified atom stereocenters. The van der Waals surface area contributed by atoms with Crippen molar-refractivity contribution in [1.29, 1.82) is 0 Å². The van der Waals surface area contributed by atoms with Gasteiger partial charge in [-0.05, 0) is 38.8 Å². The molecule has 21 heavy (non-hydrogen) atoms. The van der Waals surface area contributed by atoms with Crippen LogP contribution in [0.5, 0.6) is 0 Å². The second-order valence-electron chi connectivity index (χ2n) is 6.51. The average molecular weight is 294 g/mol. The summed E-state index contributed by atoms with van der Waals surface area (Å²) in [6.45, 7) is 5.90. The van der Waals surface area contributed by atoms with Crippen molar-refractivity contribution >= 4 is 11.7 Å². The number of piperidine rings is 1. The molecule has 4 heteroatoms. The zero-order chi connectivity index (χ0) is 15.1. The number of rotatable bonds is 6. The van der Waals surface area contributed by atoms with Crippen molar-refractivity contribution in [3.05, 3.63) is 0 Å². The maximum atomic E-state index is 12.4. The molecule has 1 saturated heterocycles. The predicted molar refractivity (Wildman–Crippen MR) is 84.0 cm³/mol. The standard InChI is InChI=1S/C17H30N2O2/c1-2-16(20)14-8-4-5-9-15(14)17(21)18-10-13-19-11-6-3-7-12-19/h14-15H,2-13H2,1H3,(H,18,21)/t14-,15+/m1/s1. The van der Waals surface area contributed by atoms with Crippen molar-refractivity contribution in [3.63, 3.8) is 0 Å². The van der Waals surface area contributed by atoms with E-state index < -0.39 is 0 Å². The largest absolute Gasteiger partial charge is 0.355 e. The van der Waals surface area contributed by atoms with E-state index in [-0.39, 0.29) is 23.5 Å². The van der Waals surface area contributed by atoms with E-state index in [0.717, 1.165) is 51.9 Å². The number of carbonyl (C=O) groups excluding carboxylic acids is 2. The minimum atomic E-state index is -0.0763. The quantitative estimate of drug-likeness (QED) is 0.818. The first-order valence-corrected chi connectivity index (χ1v) is 8.75. The summed E-state index contributed by atoms with van der Waals surface area (Å²) in [5, 5.41) is 3.08. The van der Waals surface area contributed by atoms with E-state index in [1.807, 2.05) is 6.92 Å². The number of nitrogens with one attached hydrogen (secondary N) is 1. The van der Waals surface area contributed by atoms with Crippen molar-refractivity contribution in [3.8, 4) is 0 Å². The van der Waals surface area contributed by atoms with Gasteiger partial charge in [-0.2, -0.15) is 0 Å². The van der Waals surface area contributed by atoms with Crippen LogP contribution >= 0.6 is 0 Å². The van der Waals surface area contributed by atoms with Gasteiger partial charge in [-0.1, -0.05) is 26.2 Å². The molecule has 2 atom stereocenters. The third-order valence-corrected chi connectivity index (χ3v) is 5.04. The van der Waals surface area contributed by atoms with Gasteiger partial charge in [0.1, 0.15) is 5.78 Å². The SMILES string of the molecule is CCC(=O)[C@@H]1CCCC[C@@H]1C(=O)NCCN1CCCCC1. The maximum absolute atomic E-state index is 12.4. The summed E-state index contributed by atoms with van der Waals surface area (Å²) in [4.78, 5) is 26.8. The number of carbonyl (C=O) groups is 2. The van der Waals surface area contributed by atoms with Gasteiger partial charge in [-0.3, -0.25) is 9.59 Å².